The van der Waals surface area contributed by atoms with Gasteiger partial charge in [-0.25, -0.2) is 0 Å². The van der Waals surface area contributed by atoms with Gasteiger partial charge < -0.3 is 10.9 Å². The first-order valence-corrected chi connectivity index (χ1v) is 6.23. The average Bonchev–Trinajstić information content (AvgIpc) is 2.31. The molecule has 0 aliphatic rings. The molecule has 1 atom stereocenters. The number of rotatable bonds is 5. The Morgan fingerprint density at radius 3 is 2.59 bits per heavy atom. The third-order valence-electron chi connectivity index (χ3n) is 2.73. The van der Waals surface area contributed by atoms with E-state index in [-0.39, 0.29) is 11.9 Å². The Kier molecular flexibility index (Phi) is 5.44. The van der Waals surface area contributed by atoms with E-state index in [9.17, 15) is 0 Å². The molecule has 3 N–H and O–H groups in total. The number of oxime groups is 1. The zero-order chi connectivity index (χ0) is 12.8. The summed E-state index contributed by atoms with van der Waals surface area (Å²) < 4.78 is 1.08. The number of amidine groups is 1. The highest BCUT2D eigenvalue weighted by Crippen LogP contribution is 2.13. The molecule has 0 saturated heterocycles. The Morgan fingerprint density at radius 1 is 1.47 bits per heavy atom. The van der Waals surface area contributed by atoms with Crippen LogP contribution >= 0.6 is 15.9 Å². The summed E-state index contributed by atoms with van der Waals surface area (Å²) in [5, 5.41) is 11.5. The maximum atomic E-state index is 8.52. The maximum absolute atomic E-state index is 8.52. The topological polar surface area (TPSA) is 61.9 Å². The Hall–Kier alpha value is -1.07. The Balaban J connectivity index is 2.53. The van der Waals surface area contributed by atoms with E-state index in [0.717, 1.165) is 11.0 Å². The van der Waals surface area contributed by atoms with Crippen molar-refractivity contribution < 1.29 is 5.21 Å². The van der Waals surface area contributed by atoms with Gasteiger partial charge in [0.2, 0.25) is 0 Å². The van der Waals surface area contributed by atoms with Crippen LogP contribution in [-0.2, 0) is 6.54 Å². The lowest BCUT2D eigenvalue weighted by atomic mass is 10.1. The first-order chi connectivity index (χ1) is 8.02. The van der Waals surface area contributed by atoms with E-state index in [1.54, 1.807) is 0 Å². The van der Waals surface area contributed by atoms with Crippen molar-refractivity contribution in [2.45, 2.75) is 25.9 Å². The van der Waals surface area contributed by atoms with Crippen LogP contribution in [-0.4, -0.2) is 29.0 Å². The second-order valence-corrected chi connectivity index (χ2v) is 5.10. The molecule has 0 aromatic heterocycles. The molecule has 94 valence electrons. The molecule has 5 heteroatoms. The van der Waals surface area contributed by atoms with E-state index in [4.69, 9.17) is 10.9 Å². The van der Waals surface area contributed by atoms with Gasteiger partial charge in [-0.05, 0) is 31.7 Å². The monoisotopic (exact) mass is 299 g/mol. The van der Waals surface area contributed by atoms with Crippen molar-refractivity contribution in [1.82, 2.24) is 4.90 Å². The number of hydrogen-bond donors (Lipinski definition) is 2. The van der Waals surface area contributed by atoms with Crippen LogP contribution in [0.15, 0.2) is 33.9 Å². The molecule has 1 aromatic rings. The highest BCUT2D eigenvalue weighted by Gasteiger charge is 2.11. The van der Waals surface area contributed by atoms with Crippen LogP contribution in [0.5, 0.6) is 0 Å². The lowest BCUT2D eigenvalue weighted by molar-refractivity contribution is 0.251. The molecule has 0 saturated carbocycles. The van der Waals surface area contributed by atoms with Crippen LogP contribution in [0.4, 0.5) is 0 Å². The fraction of sp³-hybridized carbons (Fsp3) is 0.417. The molecule has 0 aliphatic carbocycles. The molecule has 1 unspecified atom stereocenters. The molecule has 0 amide bonds. The van der Waals surface area contributed by atoms with Crippen molar-refractivity contribution in [2.75, 3.05) is 7.05 Å². The number of nitrogens with zero attached hydrogens (tertiary/aromatic N) is 2. The van der Waals surface area contributed by atoms with Crippen molar-refractivity contribution in [3.8, 4) is 0 Å². The molecule has 0 radical (unpaired) electrons. The van der Waals surface area contributed by atoms with Gasteiger partial charge in [-0.3, -0.25) is 4.90 Å². The third kappa shape index (κ3) is 4.75. The highest BCUT2D eigenvalue weighted by molar-refractivity contribution is 9.10. The first-order valence-electron chi connectivity index (χ1n) is 5.44. The predicted molar refractivity (Wildman–Crippen MR) is 73.1 cm³/mol. The van der Waals surface area contributed by atoms with Gasteiger partial charge in [-0.15, -0.1) is 0 Å². The molecule has 4 nitrogen and oxygen atoms in total. The summed E-state index contributed by atoms with van der Waals surface area (Å²) in [4.78, 5) is 2.17. The summed E-state index contributed by atoms with van der Waals surface area (Å²) in [7, 11) is 2.03. The van der Waals surface area contributed by atoms with E-state index in [0.29, 0.717) is 6.42 Å². The highest BCUT2D eigenvalue weighted by atomic mass is 79.9. The lowest BCUT2D eigenvalue weighted by Gasteiger charge is -2.24. The van der Waals surface area contributed by atoms with Gasteiger partial charge in [0, 0.05) is 23.5 Å². The SMILES string of the molecule is CC(CC(N)=NO)N(C)Cc1ccc(Br)cc1. The smallest absolute Gasteiger partial charge is 0.140 e. The summed E-state index contributed by atoms with van der Waals surface area (Å²) >= 11 is 3.41. The average molecular weight is 300 g/mol. The van der Waals surface area contributed by atoms with Gasteiger partial charge in [0.1, 0.15) is 5.84 Å². The molecular formula is C12H18BrN3O. The summed E-state index contributed by atoms with van der Waals surface area (Å²) in [5.41, 5.74) is 6.73. The van der Waals surface area contributed by atoms with Gasteiger partial charge in [0.15, 0.2) is 0 Å². The number of benzene rings is 1. The van der Waals surface area contributed by atoms with E-state index in [2.05, 4.69) is 45.0 Å². The zero-order valence-corrected chi connectivity index (χ0v) is 11.7. The summed E-state index contributed by atoms with van der Waals surface area (Å²) in [6, 6.07) is 8.44. The van der Waals surface area contributed by atoms with Crippen molar-refractivity contribution in [1.29, 1.82) is 0 Å². The van der Waals surface area contributed by atoms with Crippen LogP contribution in [0, 0.1) is 0 Å². The van der Waals surface area contributed by atoms with Crippen molar-refractivity contribution in [3.63, 3.8) is 0 Å². The first kappa shape index (κ1) is 14.0. The molecular weight excluding hydrogens is 282 g/mol. The Labute approximate surface area is 110 Å². The number of halogens is 1. The van der Waals surface area contributed by atoms with Crippen molar-refractivity contribution >= 4 is 21.8 Å². The summed E-state index contributed by atoms with van der Waals surface area (Å²) in [5.74, 6) is 0.264. The zero-order valence-electron chi connectivity index (χ0n) is 10.1. The van der Waals surface area contributed by atoms with Crippen molar-refractivity contribution in [2.24, 2.45) is 10.9 Å². The quantitative estimate of drug-likeness (QED) is 0.380. The van der Waals surface area contributed by atoms with Crippen LogP contribution < -0.4 is 5.73 Å². The Bertz CT molecular complexity index is 378. The minimum absolute atomic E-state index is 0.231. The van der Waals surface area contributed by atoms with Crippen LogP contribution in [0.2, 0.25) is 0 Å². The Morgan fingerprint density at radius 2 is 2.06 bits per heavy atom. The second kappa shape index (κ2) is 6.61. The molecule has 1 rings (SSSR count). The van der Waals surface area contributed by atoms with Gasteiger partial charge >= 0.3 is 0 Å². The molecule has 0 spiro atoms. The van der Waals surface area contributed by atoms with Crippen LogP contribution in [0.3, 0.4) is 0 Å². The number of hydrogen-bond acceptors (Lipinski definition) is 3. The molecule has 0 heterocycles. The van der Waals surface area contributed by atoms with Crippen LogP contribution in [0.1, 0.15) is 18.9 Å². The minimum atomic E-state index is 0.231. The van der Waals surface area contributed by atoms with E-state index >= 15 is 0 Å². The standard InChI is InChI=1S/C12H18BrN3O/c1-9(7-12(14)15-17)16(2)8-10-3-5-11(13)6-4-10/h3-6,9,17H,7-8H2,1-2H3,(H2,14,15). The fourth-order valence-electron chi connectivity index (χ4n) is 1.53. The van der Waals surface area contributed by atoms with Crippen LogP contribution in [0.25, 0.3) is 0 Å². The summed E-state index contributed by atoms with van der Waals surface area (Å²) in [6.07, 6.45) is 0.559. The molecule has 17 heavy (non-hydrogen) atoms. The van der Waals surface area contributed by atoms with Gasteiger partial charge in [0.05, 0.1) is 0 Å². The van der Waals surface area contributed by atoms with Gasteiger partial charge in [0.25, 0.3) is 0 Å². The third-order valence-corrected chi connectivity index (χ3v) is 3.26. The molecule has 0 aliphatic heterocycles. The van der Waals surface area contributed by atoms with E-state index in [1.165, 1.54) is 5.56 Å². The molecule has 0 bridgehead atoms. The predicted octanol–water partition coefficient (Wildman–Crippen LogP) is 2.41. The minimum Gasteiger partial charge on any atom is -0.409 e. The normalized spacial score (nSPS) is 14.0. The fourth-order valence-corrected chi connectivity index (χ4v) is 1.80. The van der Waals surface area contributed by atoms with Gasteiger partial charge in [-0.1, -0.05) is 33.2 Å². The summed E-state index contributed by atoms with van der Waals surface area (Å²) in [6.45, 7) is 2.89. The lowest BCUT2D eigenvalue weighted by Crippen LogP contribution is -2.32. The maximum Gasteiger partial charge on any atom is 0.140 e. The molecule has 1 aromatic carbocycles. The van der Waals surface area contributed by atoms with Crippen molar-refractivity contribution in [3.05, 3.63) is 34.3 Å². The van der Waals surface area contributed by atoms with Gasteiger partial charge in [-0.2, -0.15) is 0 Å². The molecule has 0 fully saturated rings. The second-order valence-electron chi connectivity index (χ2n) is 4.19. The van der Waals surface area contributed by atoms with E-state index < -0.39 is 0 Å². The van der Waals surface area contributed by atoms with E-state index in [1.807, 2.05) is 19.2 Å². The number of nitrogens with two attached hydrogens (primary N) is 1. The largest absolute Gasteiger partial charge is 0.409 e.